The Morgan fingerprint density at radius 2 is 2.11 bits per heavy atom. The number of nitrogens with one attached hydrogen (secondary N) is 2. The normalized spacial score (nSPS) is 22.1. The summed E-state index contributed by atoms with van der Waals surface area (Å²) in [6.07, 6.45) is 3.09. The van der Waals surface area contributed by atoms with Gasteiger partial charge >= 0.3 is 0 Å². The number of sulfone groups is 1. The maximum atomic E-state index is 11.3. The van der Waals surface area contributed by atoms with Crippen LogP contribution < -0.4 is 10.0 Å². The quantitative estimate of drug-likeness (QED) is 0.814. The Hall–Kier alpha value is -1.35. The van der Waals surface area contributed by atoms with E-state index in [0.29, 0.717) is 12.1 Å². The van der Waals surface area contributed by atoms with Crippen LogP contribution in [0.15, 0.2) is 18.3 Å². The molecule has 0 saturated carbocycles. The first-order valence-electron chi connectivity index (χ1n) is 5.64. The van der Waals surface area contributed by atoms with Crippen LogP contribution in [0.3, 0.4) is 0 Å². The Morgan fingerprint density at radius 1 is 1.37 bits per heavy atom. The number of pyridine rings is 1. The molecule has 2 rings (SSSR count). The second-order valence-electron chi connectivity index (χ2n) is 4.55. The summed E-state index contributed by atoms with van der Waals surface area (Å²) in [5.74, 6) is 0.550. The first-order chi connectivity index (χ1) is 8.73. The molecule has 1 aromatic heterocycles. The van der Waals surface area contributed by atoms with Crippen molar-refractivity contribution in [1.82, 2.24) is 4.98 Å². The molecule has 106 valence electrons. The van der Waals surface area contributed by atoms with Crippen molar-refractivity contribution in [2.24, 2.45) is 0 Å². The maximum Gasteiger partial charge on any atom is 0.230 e. The van der Waals surface area contributed by atoms with Gasteiger partial charge < -0.3 is 5.32 Å². The van der Waals surface area contributed by atoms with E-state index in [-0.39, 0.29) is 23.4 Å². The summed E-state index contributed by atoms with van der Waals surface area (Å²) in [4.78, 5) is 3.94. The maximum absolute atomic E-state index is 11.3. The van der Waals surface area contributed by atoms with Crippen LogP contribution in [0.4, 0.5) is 11.5 Å². The third-order valence-electron chi connectivity index (χ3n) is 2.66. The fourth-order valence-corrected chi connectivity index (χ4v) is 4.05. The zero-order valence-electron chi connectivity index (χ0n) is 10.3. The van der Waals surface area contributed by atoms with Crippen LogP contribution >= 0.6 is 0 Å². The average molecular weight is 305 g/mol. The van der Waals surface area contributed by atoms with Crippen LogP contribution in [0, 0.1) is 0 Å². The molecule has 0 aliphatic carbocycles. The first-order valence-corrected chi connectivity index (χ1v) is 9.36. The molecule has 0 amide bonds. The molecule has 1 fully saturated rings. The highest BCUT2D eigenvalue weighted by molar-refractivity contribution is 7.92. The lowest BCUT2D eigenvalue weighted by Gasteiger charge is -2.12. The Bertz CT molecular complexity index is 653. The van der Waals surface area contributed by atoms with Crippen LogP contribution in [0.1, 0.15) is 6.42 Å². The van der Waals surface area contributed by atoms with E-state index >= 15 is 0 Å². The lowest BCUT2D eigenvalue weighted by Crippen LogP contribution is -2.20. The highest BCUT2D eigenvalue weighted by Gasteiger charge is 2.27. The van der Waals surface area contributed by atoms with Gasteiger partial charge in [0.15, 0.2) is 9.84 Å². The van der Waals surface area contributed by atoms with Crippen molar-refractivity contribution in [3.8, 4) is 0 Å². The van der Waals surface area contributed by atoms with Gasteiger partial charge in [-0.3, -0.25) is 4.72 Å². The summed E-state index contributed by atoms with van der Waals surface area (Å²) < 4.78 is 46.9. The molecule has 1 unspecified atom stereocenters. The predicted octanol–water partition coefficient (Wildman–Crippen LogP) is 0.0521. The molecule has 1 atom stereocenters. The smallest absolute Gasteiger partial charge is 0.230 e. The summed E-state index contributed by atoms with van der Waals surface area (Å²) in [7, 11) is -6.26. The van der Waals surface area contributed by atoms with Gasteiger partial charge in [-0.25, -0.2) is 21.8 Å². The van der Waals surface area contributed by atoms with Gasteiger partial charge in [0.05, 0.1) is 29.6 Å². The average Bonchev–Trinajstić information content (AvgIpc) is 2.59. The minimum absolute atomic E-state index is 0.111. The molecular weight excluding hydrogens is 290 g/mol. The fourth-order valence-electron chi connectivity index (χ4n) is 1.87. The van der Waals surface area contributed by atoms with Gasteiger partial charge in [0.2, 0.25) is 10.0 Å². The van der Waals surface area contributed by atoms with Crippen molar-refractivity contribution < 1.29 is 16.8 Å². The molecule has 1 aliphatic rings. The first kappa shape index (κ1) is 14.1. The largest absolute Gasteiger partial charge is 0.380 e. The van der Waals surface area contributed by atoms with Crippen molar-refractivity contribution in [3.05, 3.63) is 18.3 Å². The van der Waals surface area contributed by atoms with Crippen molar-refractivity contribution in [1.29, 1.82) is 0 Å². The van der Waals surface area contributed by atoms with E-state index in [2.05, 4.69) is 15.0 Å². The zero-order valence-corrected chi connectivity index (χ0v) is 12.0. The van der Waals surface area contributed by atoms with Gasteiger partial charge in [-0.2, -0.15) is 0 Å². The Balaban J connectivity index is 2.00. The van der Waals surface area contributed by atoms with Crippen LogP contribution in [0.2, 0.25) is 0 Å². The second-order valence-corrected chi connectivity index (χ2v) is 8.53. The number of sulfonamides is 1. The van der Waals surface area contributed by atoms with Crippen molar-refractivity contribution in [2.45, 2.75) is 12.5 Å². The molecule has 2 N–H and O–H groups in total. The summed E-state index contributed by atoms with van der Waals surface area (Å²) in [5, 5.41) is 3.07. The van der Waals surface area contributed by atoms with E-state index in [1.54, 1.807) is 6.07 Å². The lowest BCUT2D eigenvalue weighted by molar-refractivity contribution is 0.601. The van der Waals surface area contributed by atoms with Gasteiger partial charge in [0, 0.05) is 6.04 Å². The molecule has 0 bridgehead atoms. The molecule has 19 heavy (non-hydrogen) atoms. The predicted molar refractivity (Wildman–Crippen MR) is 73.4 cm³/mol. The molecule has 1 aliphatic heterocycles. The van der Waals surface area contributed by atoms with E-state index < -0.39 is 19.9 Å². The second kappa shape index (κ2) is 4.97. The number of nitrogens with zero attached hydrogens (tertiary/aromatic N) is 1. The van der Waals surface area contributed by atoms with Crippen LogP contribution in [0.25, 0.3) is 0 Å². The number of hydrogen-bond acceptors (Lipinski definition) is 6. The number of aromatic nitrogens is 1. The van der Waals surface area contributed by atoms with Gasteiger partial charge in [-0.05, 0) is 18.6 Å². The highest BCUT2D eigenvalue weighted by Crippen LogP contribution is 2.18. The van der Waals surface area contributed by atoms with Gasteiger partial charge in [-0.1, -0.05) is 0 Å². The molecule has 0 spiro atoms. The van der Waals surface area contributed by atoms with Crippen molar-refractivity contribution >= 4 is 31.4 Å². The van der Waals surface area contributed by atoms with Crippen molar-refractivity contribution in [2.75, 3.05) is 27.8 Å². The summed E-state index contributed by atoms with van der Waals surface area (Å²) >= 11 is 0. The van der Waals surface area contributed by atoms with E-state index in [1.165, 1.54) is 12.3 Å². The molecule has 2 heterocycles. The van der Waals surface area contributed by atoms with Crippen LogP contribution in [0.5, 0.6) is 0 Å². The number of rotatable bonds is 4. The van der Waals surface area contributed by atoms with Crippen LogP contribution in [-0.4, -0.2) is 45.6 Å². The Labute approximate surface area is 112 Å². The molecule has 0 radical (unpaired) electrons. The third kappa shape index (κ3) is 4.35. The fraction of sp³-hybridized carbons (Fsp3) is 0.500. The minimum atomic E-state index is -3.34. The Morgan fingerprint density at radius 3 is 2.58 bits per heavy atom. The SMILES string of the molecule is CS(=O)(=O)Nc1ccc(NC2CCS(=O)(=O)C2)cn1. The standard InChI is InChI=1S/C10H15N3O4S2/c1-18(14,15)13-10-3-2-8(6-11-10)12-9-4-5-19(16,17)7-9/h2-3,6,9,12H,4-5,7H2,1H3,(H,11,13). The molecular formula is C10H15N3O4S2. The number of anilines is 2. The monoisotopic (exact) mass is 305 g/mol. The Kier molecular flexibility index (Phi) is 3.68. The van der Waals surface area contributed by atoms with Crippen molar-refractivity contribution in [3.63, 3.8) is 0 Å². The van der Waals surface area contributed by atoms with E-state index in [1.807, 2.05) is 0 Å². The summed E-state index contributed by atoms with van der Waals surface area (Å²) in [6.45, 7) is 0. The minimum Gasteiger partial charge on any atom is -0.380 e. The van der Waals surface area contributed by atoms with E-state index in [0.717, 1.165) is 6.26 Å². The number of hydrogen-bond donors (Lipinski definition) is 2. The van der Waals surface area contributed by atoms with Gasteiger partial charge in [0.25, 0.3) is 0 Å². The van der Waals surface area contributed by atoms with Gasteiger partial charge in [0.1, 0.15) is 5.82 Å². The summed E-state index contributed by atoms with van der Waals surface area (Å²) in [5.41, 5.74) is 0.668. The molecule has 1 aromatic rings. The zero-order chi connectivity index (χ0) is 14.1. The molecule has 7 nitrogen and oxygen atoms in total. The molecule has 9 heteroatoms. The molecule has 0 aromatic carbocycles. The van der Waals surface area contributed by atoms with E-state index in [4.69, 9.17) is 0 Å². The van der Waals surface area contributed by atoms with Gasteiger partial charge in [-0.15, -0.1) is 0 Å². The van der Waals surface area contributed by atoms with Crippen LogP contribution in [-0.2, 0) is 19.9 Å². The molecule has 1 saturated heterocycles. The third-order valence-corrected chi connectivity index (χ3v) is 5.00. The lowest BCUT2D eigenvalue weighted by atomic mass is 10.2. The topological polar surface area (TPSA) is 105 Å². The highest BCUT2D eigenvalue weighted by atomic mass is 32.2. The van der Waals surface area contributed by atoms with E-state index in [9.17, 15) is 16.8 Å². The summed E-state index contributed by atoms with van der Waals surface area (Å²) in [6, 6.07) is 3.07.